The molecule has 0 amide bonds. The van der Waals surface area contributed by atoms with Crippen LogP contribution in [0.2, 0.25) is 0 Å². The molecule has 14 heavy (non-hydrogen) atoms. The first-order valence-electron chi connectivity index (χ1n) is 4.87. The molecular weight excluding hydrogens is 180 g/mol. The number of aliphatic hydroxyl groups excluding tert-OH is 1. The maximum atomic E-state index is 8.84. The third-order valence-corrected chi connectivity index (χ3v) is 2.02. The van der Waals surface area contributed by atoms with Crippen LogP contribution in [0.15, 0.2) is 6.33 Å². The minimum Gasteiger partial charge on any atom is -0.395 e. The average molecular weight is 198 g/mol. The lowest BCUT2D eigenvalue weighted by molar-refractivity contribution is 0.249. The van der Waals surface area contributed by atoms with E-state index in [1.54, 1.807) is 6.33 Å². The van der Waals surface area contributed by atoms with Crippen molar-refractivity contribution in [2.45, 2.75) is 39.4 Å². The maximum Gasteiger partial charge on any atom is 0.141 e. The Labute approximate surface area is 84.2 Å². The van der Waals surface area contributed by atoms with Crippen molar-refractivity contribution in [3.05, 3.63) is 12.2 Å². The van der Waals surface area contributed by atoms with E-state index in [1.807, 2.05) is 11.6 Å². The topological polar surface area (TPSA) is 63.0 Å². The molecule has 0 saturated heterocycles. The quantitative estimate of drug-likeness (QED) is 0.715. The molecular formula is C9H18N4O. The normalized spacial score (nSPS) is 13.5. The fourth-order valence-electron chi connectivity index (χ4n) is 1.16. The predicted octanol–water partition coefficient (Wildman–Crippen LogP) is 0.329. The SMILES string of the molecule is CC(CO)NCc1ncnn1C(C)C. The molecule has 1 rings (SSSR count). The van der Waals surface area contributed by atoms with Crippen LogP contribution in [0.5, 0.6) is 0 Å². The molecule has 0 spiro atoms. The first-order valence-corrected chi connectivity index (χ1v) is 4.87. The highest BCUT2D eigenvalue weighted by atomic mass is 16.3. The molecule has 0 radical (unpaired) electrons. The highest BCUT2D eigenvalue weighted by Crippen LogP contribution is 2.04. The van der Waals surface area contributed by atoms with Gasteiger partial charge >= 0.3 is 0 Å². The van der Waals surface area contributed by atoms with Gasteiger partial charge in [-0.3, -0.25) is 0 Å². The second-order valence-corrected chi connectivity index (χ2v) is 3.68. The Morgan fingerprint density at radius 3 is 2.79 bits per heavy atom. The van der Waals surface area contributed by atoms with Gasteiger partial charge in [0.25, 0.3) is 0 Å². The van der Waals surface area contributed by atoms with Crippen LogP contribution in [0.1, 0.15) is 32.6 Å². The predicted molar refractivity (Wildman–Crippen MR) is 53.8 cm³/mol. The fraction of sp³-hybridized carbons (Fsp3) is 0.778. The molecule has 80 valence electrons. The van der Waals surface area contributed by atoms with E-state index in [2.05, 4.69) is 29.2 Å². The number of aliphatic hydroxyl groups is 1. The van der Waals surface area contributed by atoms with Gasteiger partial charge in [0, 0.05) is 12.1 Å². The van der Waals surface area contributed by atoms with E-state index in [0.29, 0.717) is 12.6 Å². The van der Waals surface area contributed by atoms with Gasteiger partial charge in [-0.05, 0) is 20.8 Å². The summed E-state index contributed by atoms with van der Waals surface area (Å²) >= 11 is 0. The van der Waals surface area contributed by atoms with E-state index >= 15 is 0 Å². The van der Waals surface area contributed by atoms with Gasteiger partial charge in [-0.15, -0.1) is 0 Å². The largest absolute Gasteiger partial charge is 0.395 e. The highest BCUT2D eigenvalue weighted by molar-refractivity contribution is 4.86. The third-order valence-electron chi connectivity index (χ3n) is 2.02. The van der Waals surface area contributed by atoms with E-state index < -0.39 is 0 Å². The van der Waals surface area contributed by atoms with Crippen LogP contribution in [-0.4, -0.2) is 32.5 Å². The number of rotatable bonds is 5. The number of hydrogen-bond acceptors (Lipinski definition) is 4. The van der Waals surface area contributed by atoms with Crippen LogP contribution < -0.4 is 5.32 Å². The molecule has 1 atom stereocenters. The van der Waals surface area contributed by atoms with Crippen molar-refractivity contribution >= 4 is 0 Å². The first-order chi connectivity index (χ1) is 6.65. The van der Waals surface area contributed by atoms with Crippen molar-refractivity contribution in [3.63, 3.8) is 0 Å². The minimum atomic E-state index is 0.0901. The Bertz CT molecular complexity index is 272. The van der Waals surface area contributed by atoms with Gasteiger partial charge in [0.2, 0.25) is 0 Å². The maximum absolute atomic E-state index is 8.84. The van der Waals surface area contributed by atoms with Crippen molar-refractivity contribution in [2.24, 2.45) is 0 Å². The van der Waals surface area contributed by atoms with Crippen molar-refractivity contribution in [2.75, 3.05) is 6.61 Å². The molecule has 5 heteroatoms. The lowest BCUT2D eigenvalue weighted by atomic mass is 10.3. The molecule has 0 aliphatic carbocycles. The Morgan fingerprint density at radius 2 is 2.21 bits per heavy atom. The third kappa shape index (κ3) is 2.78. The van der Waals surface area contributed by atoms with Gasteiger partial charge in [0.15, 0.2) is 0 Å². The molecule has 1 aromatic heterocycles. The van der Waals surface area contributed by atoms with Gasteiger partial charge in [-0.2, -0.15) is 5.10 Å². The minimum absolute atomic E-state index is 0.0901. The molecule has 0 fully saturated rings. The number of nitrogens with zero attached hydrogens (tertiary/aromatic N) is 3. The molecule has 0 bridgehead atoms. The molecule has 1 unspecified atom stereocenters. The molecule has 1 heterocycles. The zero-order chi connectivity index (χ0) is 10.6. The number of hydrogen-bond donors (Lipinski definition) is 2. The van der Waals surface area contributed by atoms with Gasteiger partial charge in [-0.1, -0.05) is 0 Å². The number of nitrogens with one attached hydrogen (secondary N) is 1. The molecule has 2 N–H and O–H groups in total. The molecule has 0 aliphatic rings. The molecule has 1 aromatic rings. The van der Waals surface area contributed by atoms with Crippen LogP contribution in [0.25, 0.3) is 0 Å². The molecule has 5 nitrogen and oxygen atoms in total. The zero-order valence-corrected chi connectivity index (χ0v) is 8.94. The summed E-state index contributed by atoms with van der Waals surface area (Å²) in [6.07, 6.45) is 1.56. The van der Waals surface area contributed by atoms with Gasteiger partial charge in [0.1, 0.15) is 12.2 Å². The summed E-state index contributed by atoms with van der Waals surface area (Å²) in [5, 5.41) is 16.1. The van der Waals surface area contributed by atoms with Gasteiger partial charge in [0.05, 0.1) is 13.2 Å². The van der Waals surface area contributed by atoms with Crippen LogP contribution in [-0.2, 0) is 6.54 Å². The van der Waals surface area contributed by atoms with Crippen LogP contribution in [0, 0.1) is 0 Å². The molecule has 0 saturated carbocycles. The van der Waals surface area contributed by atoms with E-state index in [4.69, 9.17) is 5.11 Å². The van der Waals surface area contributed by atoms with E-state index in [9.17, 15) is 0 Å². The summed E-state index contributed by atoms with van der Waals surface area (Å²) < 4.78 is 1.87. The van der Waals surface area contributed by atoms with Crippen LogP contribution in [0.3, 0.4) is 0 Å². The lowest BCUT2D eigenvalue weighted by Crippen LogP contribution is -2.30. The van der Waals surface area contributed by atoms with Crippen molar-refractivity contribution in [3.8, 4) is 0 Å². The smallest absolute Gasteiger partial charge is 0.141 e. The summed E-state index contributed by atoms with van der Waals surface area (Å²) in [4.78, 5) is 4.15. The second-order valence-electron chi connectivity index (χ2n) is 3.68. The molecule has 0 aromatic carbocycles. The summed E-state index contributed by atoms with van der Waals surface area (Å²) in [6.45, 7) is 6.83. The monoisotopic (exact) mass is 198 g/mol. The fourth-order valence-corrected chi connectivity index (χ4v) is 1.16. The number of aromatic nitrogens is 3. The van der Waals surface area contributed by atoms with E-state index in [-0.39, 0.29) is 12.6 Å². The van der Waals surface area contributed by atoms with Gasteiger partial charge < -0.3 is 10.4 Å². The summed E-state index contributed by atoms with van der Waals surface area (Å²) in [5.41, 5.74) is 0. The lowest BCUT2D eigenvalue weighted by Gasteiger charge is -2.12. The Morgan fingerprint density at radius 1 is 1.50 bits per heavy atom. The Kier molecular flexibility index (Phi) is 4.03. The van der Waals surface area contributed by atoms with Crippen molar-refractivity contribution in [1.82, 2.24) is 20.1 Å². The second kappa shape index (κ2) is 5.07. The van der Waals surface area contributed by atoms with Crippen molar-refractivity contribution in [1.29, 1.82) is 0 Å². The summed E-state index contributed by atoms with van der Waals surface area (Å²) in [5.74, 6) is 0.903. The highest BCUT2D eigenvalue weighted by Gasteiger charge is 2.08. The zero-order valence-electron chi connectivity index (χ0n) is 8.94. The average Bonchev–Trinajstić information content (AvgIpc) is 2.62. The Hall–Kier alpha value is -0.940. The Balaban J connectivity index is 2.54. The first kappa shape index (κ1) is 11.1. The molecule has 0 aliphatic heterocycles. The van der Waals surface area contributed by atoms with Crippen LogP contribution in [0.4, 0.5) is 0 Å². The van der Waals surface area contributed by atoms with Gasteiger partial charge in [-0.25, -0.2) is 9.67 Å². The van der Waals surface area contributed by atoms with Crippen LogP contribution >= 0.6 is 0 Å². The summed E-state index contributed by atoms with van der Waals surface area (Å²) in [6, 6.07) is 0.408. The van der Waals surface area contributed by atoms with E-state index in [1.165, 1.54) is 0 Å². The van der Waals surface area contributed by atoms with E-state index in [0.717, 1.165) is 5.82 Å². The summed E-state index contributed by atoms with van der Waals surface area (Å²) in [7, 11) is 0. The standard InChI is InChI=1S/C9H18N4O/c1-7(2)13-9(11-6-12-13)4-10-8(3)5-14/h6-8,10,14H,4-5H2,1-3H3. The van der Waals surface area contributed by atoms with Crippen molar-refractivity contribution < 1.29 is 5.11 Å².